The van der Waals surface area contributed by atoms with Crippen LogP contribution in [-0.2, 0) is 10.2 Å². The maximum atomic E-state index is 10.5. The second-order valence-electron chi connectivity index (χ2n) is 6.43. The van der Waals surface area contributed by atoms with E-state index >= 15 is 0 Å². The molecule has 0 aliphatic heterocycles. The molecular weight excluding hydrogens is 250 g/mol. The van der Waals surface area contributed by atoms with E-state index in [1.54, 1.807) is 7.11 Å². The Bertz CT molecular complexity index is 412. The van der Waals surface area contributed by atoms with Crippen LogP contribution < -0.4 is 5.73 Å². The molecule has 1 aliphatic rings. The summed E-state index contributed by atoms with van der Waals surface area (Å²) in [4.78, 5) is 0. The Morgan fingerprint density at radius 1 is 1.35 bits per heavy atom. The second kappa shape index (κ2) is 6.25. The number of rotatable bonds is 7. The lowest BCUT2D eigenvalue weighted by Gasteiger charge is -2.48. The monoisotopic (exact) mass is 277 g/mol. The van der Waals surface area contributed by atoms with Crippen LogP contribution in [0.25, 0.3) is 0 Å². The van der Waals surface area contributed by atoms with E-state index in [0.717, 1.165) is 12.8 Å². The van der Waals surface area contributed by atoms with Gasteiger partial charge < -0.3 is 15.6 Å². The smallest absolute Gasteiger partial charge is 0.0656 e. The van der Waals surface area contributed by atoms with Crippen molar-refractivity contribution in [3.05, 3.63) is 35.9 Å². The molecule has 2 atom stereocenters. The molecule has 1 aliphatic carbocycles. The fourth-order valence-corrected chi connectivity index (χ4v) is 3.29. The van der Waals surface area contributed by atoms with Crippen LogP contribution in [0.3, 0.4) is 0 Å². The third kappa shape index (κ3) is 3.22. The molecule has 0 spiro atoms. The Balaban J connectivity index is 2.08. The van der Waals surface area contributed by atoms with Gasteiger partial charge in [0, 0.05) is 25.2 Å². The number of hydrogen-bond donors (Lipinski definition) is 2. The molecule has 0 radical (unpaired) electrons. The number of nitrogens with two attached hydrogens (primary N) is 1. The minimum absolute atomic E-state index is 0.00879. The first kappa shape index (κ1) is 15.5. The molecular formula is C17H27NO2. The Kier molecular flexibility index (Phi) is 4.84. The normalized spacial score (nSPS) is 21.8. The highest BCUT2D eigenvalue weighted by Crippen LogP contribution is 2.47. The minimum atomic E-state index is -0.757. The van der Waals surface area contributed by atoms with E-state index in [4.69, 9.17) is 10.5 Å². The van der Waals surface area contributed by atoms with Crippen LogP contribution in [0.4, 0.5) is 0 Å². The lowest BCUT2D eigenvalue weighted by molar-refractivity contribution is -0.00144. The van der Waals surface area contributed by atoms with Gasteiger partial charge in [-0.2, -0.15) is 0 Å². The highest BCUT2D eigenvalue weighted by atomic mass is 16.5. The zero-order valence-corrected chi connectivity index (χ0v) is 12.6. The SMILES string of the molecule is COCCC(C)(O)CC(N)C1(c2ccccc2)CCC1. The second-order valence-corrected chi connectivity index (χ2v) is 6.43. The molecule has 112 valence electrons. The fraction of sp³-hybridized carbons (Fsp3) is 0.647. The number of ether oxygens (including phenoxy) is 1. The van der Waals surface area contributed by atoms with Gasteiger partial charge in [-0.1, -0.05) is 36.8 Å². The molecule has 3 nitrogen and oxygen atoms in total. The molecule has 1 aromatic carbocycles. The number of benzene rings is 1. The van der Waals surface area contributed by atoms with E-state index in [2.05, 4.69) is 24.3 Å². The summed E-state index contributed by atoms with van der Waals surface area (Å²) in [7, 11) is 1.66. The van der Waals surface area contributed by atoms with Crippen molar-refractivity contribution in [1.82, 2.24) is 0 Å². The summed E-state index contributed by atoms with van der Waals surface area (Å²) in [6, 6.07) is 10.5. The largest absolute Gasteiger partial charge is 0.390 e. The van der Waals surface area contributed by atoms with Gasteiger partial charge in [-0.05, 0) is 38.2 Å². The van der Waals surface area contributed by atoms with E-state index in [1.165, 1.54) is 12.0 Å². The van der Waals surface area contributed by atoms with Crippen molar-refractivity contribution in [2.45, 2.75) is 56.1 Å². The number of aliphatic hydroxyl groups is 1. The average molecular weight is 277 g/mol. The minimum Gasteiger partial charge on any atom is -0.390 e. The maximum absolute atomic E-state index is 10.5. The van der Waals surface area contributed by atoms with Crippen molar-refractivity contribution in [3.8, 4) is 0 Å². The van der Waals surface area contributed by atoms with E-state index in [-0.39, 0.29) is 11.5 Å². The zero-order chi connectivity index (χ0) is 14.6. The van der Waals surface area contributed by atoms with Crippen LogP contribution >= 0.6 is 0 Å². The molecule has 3 heteroatoms. The van der Waals surface area contributed by atoms with Crippen LogP contribution in [0.15, 0.2) is 30.3 Å². The summed E-state index contributed by atoms with van der Waals surface area (Å²) >= 11 is 0. The highest BCUT2D eigenvalue weighted by Gasteiger charge is 2.45. The number of methoxy groups -OCH3 is 1. The molecule has 0 bridgehead atoms. The molecule has 0 heterocycles. The lowest BCUT2D eigenvalue weighted by atomic mass is 9.58. The van der Waals surface area contributed by atoms with E-state index in [9.17, 15) is 5.11 Å². The summed E-state index contributed by atoms with van der Waals surface area (Å²) in [5.41, 5.74) is 7.12. The van der Waals surface area contributed by atoms with Gasteiger partial charge in [0.2, 0.25) is 0 Å². The van der Waals surface area contributed by atoms with Crippen molar-refractivity contribution < 1.29 is 9.84 Å². The Morgan fingerprint density at radius 2 is 2.00 bits per heavy atom. The van der Waals surface area contributed by atoms with E-state index in [1.807, 2.05) is 13.0 Å². The maximum Gasteiger partial charge on any atom is 0.0656 e. The third-order valence-corrected chi connectivity index (χ3v) is 4.81. The number of hydrogen-bond acceptors (Lipinski definition) is 3. The Hall–Kier alpha value is -0.900. The van der Waals surface area contributed by atoms with Crippen LogP contribution in [-0.4, -0.2) is 30.5 Å². The molecule has 0 aromatic heterocycles. The van der Waals surface area contributed by atoms with Gasteiger partial charge in [0.05, 0.1) is 5.60 Å². The first-order valence-electron chi connectivity index (χ1n) is 7.53. The van der Waals surface area contributed by atoms with Crippen molar-refractivity contribution in [2.24, 2.45) is 5.73 Å². The summed E-state index contributed by atoms with van der Waals surface area (Å²) in [6.45, 7) is 2.43. The molecule has 0 saturated heterocycles. The van der Waals surface area contributed by atoms with Gasteiger partial charge in [-0.15, -0.1) is 0 Å². The first-order chi connectivity index (χ1) is 9.50. The molecule has 1 saturated carbocycles. The van der Waals surface area contributed by atoms with E-state index < -0.39 is 5.60 Å². The summed E-state index contributed by atoms with van der Waals surface area (Å²) in [5, 5.41) is 10.5. The van der Waals surface area contributed by atoms with Crippen molar-refractivity contribution >= 4 is 0 Å². The fourth-order valence-electron chi connectivity index (χ4n) is 3.29. The molecule has 1 fully saturated rings. The molecule has 1 aromatic rings. The summed E-state index contributed by atoms with van der Waals surface area (Å²) in [6.07, 6.45) is 4.72. The Labute approximate surface area is 122 Å². The average Bonchev–Trinajstić information content (AvgIpc) is 2.36. The molecule has 2 rings (SSSR count). The predicted molar refractivity (Wildman–Crippen MR) is 81.7 cm³/mol. The van der Waals surface area contributed by atoms with Gasteiger partial charge in [-0.25, -0.2) is 0 Å². The topological polar surface area (TPSA) is 55.5 Å². The van der Waals surface area contributed by atoms with Crippen molar-refractivity contribution in [3.63, 3.8) is 0 Å². The summed E-state index contributed by atoms with van der Waals surface area (Å²) < 4.78 is 5.07. The van der Waals surface area contributed by atoms with Crippen LogP contribution in [0.5, 0.6) is 0 Å². The van der Waals surface area contributed by atoms with Gasteiger partial charge in [0.25, 0.3) is 0 Å². The molecule has 2 unspecified atom stereocenters. The zero-order valence-electron chi connectivity index (χ0n) is 12.6. The van der Waals surface area contributed by atoms with Crippen LogP contribution in [0.2, 0.25) is 0 Å². The van der Waals surface area contributed by atoms with Crippen molar-refractivity contribution in [2.75, 3.05) is 13.7 Å². The molecule has 3 N–H and O–H groups in total. The van der Waals surface area contributed by atoms with Gasteiger partial charge in [0.1, 0.15) is 0 Å². The molecule has 20 heavy (non-hydrogen) atoms. The van der Waals surface area contributed by atoms with Gasteiger partial charge in [-0.3, -0.25) is 0 Å². The van der Waals surface area contributed by atoms with E-state index in [0.29, 0.717) is 19.4 Å². The first-order valence-corrected chi connectivity index (χ1v) is 7.53. The van der Waals surface area contributed by atoms with Crippen molar-refractivity contribution in [1.29, 1.82) is 0 Å². The lowest BCUT2D eigenvalue weighted by Crippen LogP contribution is -2.53. The van der Waals surface area contributed by atoms with Crippen LogP contribution in [0, 0.1) is 0 Å². The van der Waals surface area contributed by atoms with Gasteiger partial charge >= 0.3 is 0 Å². The quantitative estimate of drug-likeness (QED) is 0.805. The molecule has 0 amide bonds. The third-order valence-electron chi connectivity index (χ3n) is 4.81. The predicted octanol–water partition coefficient (Wildman–Crippen LogP) is 2.61. The highest BCUT2D eigenvalue weighted by molar-refractivity contribution is 5.30. The summed E-state index contributed by atoms with van der Waals surface area (Å²) in [5.74, 6) is 0. The Morgan fingerprint density at radius 3 is 2.50 bits per heavy atom. The van der Waals surface area contributed by atoms with Gasteiger partial charge in [0.15, 0.2) is 0 Å². The van der Waals surface area contributed by atoms with Crippen LogP contribution in [0.1, 0.15) is 44.6 Å². The standard InChI is InChI=1S/C17H27NO2/c1-16(19,11-12-20-2)13-15(18)17(9-6-10-17)14-7-4-3-5-8-14/h3-5,7-8,15,19H,6,9-13,18H2,1-2H3.